The van der Waals surface area contributed by atoms with E-state index >= 15 is 0 Å². The number of ether oxygens (including phenoxy) is 1. The van der Waals surface area contributed by atoms with E-state index in [9.17, 15) is 9.90 Å². The van der Waals surface area contributed by atoms with E-state index < -0.39 is 0 Å². The topological polar surface area (TPSA) is 82.0 Å². The van der Waals surface area contributed by atoms with Gasteiger partial charge in [0.15, 0.2) is 6.61 Å². The molecule has 156 valence electrons. The number of hydrogen-bond acceptors (Lipinski definition) is 7. The quantitative estimate of drug-likeness (QED) is 0.749. The minimum atomic E-state index is -0.0629. The molecule has 2 atom stereocenters. The van der Waals surface area contributed by atoms with Crippen LogP contribution in [0.2, 0.25) is 0 Å². The number of aliphatic hydroxyl groups is 1. The fraction of sp³-hybridized carbons (Fsp3) is 0.571. The number of aliphatic hydroxyl groups excluding tert-OH is 1. The highest BCUT2D eigenvalue weighted by Crippen LogP contribution is 2.25. The van der Waals surface area contributed by atoms with Crippen LogP contribution in [0, 0.1) is 11.8 Å². The van der Waals surface area contributed by atoms with Gasteiger partial charge in [0.05, 0.1) is 10.9 Å². The maximum absolute atomic E-state index is 12.8. The zero-order chi connectivity index (χ0) is 20.2. The number of para-hydroxylation sites is 1. The van der Waals surface area contributed by atoms with Gasteiger partial charge in [0, 0.05) is 58.3 Å². The van der Waals surface area contributed by atoms with Crippen molar-refractivity contribution >= 4 is 16.8 Å². The van der Waals surface area contributed by atoms with Crippen molar-refractivity contribution < 1.29 is 14.6 Å². The third kappa shape index (κ3) is 4.66. The Bertz CT molecular complexity index is 835. The van der Waals surface area contributed by atoms with Crippen LogP contribution in [0.5, 0.6) is 5.88 Å². The first-order valence-electron chi connectivity index (χ1n) is 10.3. The highest BCUT2D eigenvalue weighted by molar-refractivity contribution is 5.84. The predicted octanol–water partition coefficient (Wildman–Crippen LogP) is 0.323. The van der Waals surface area contributed by atoms with Crippen LogP contribution in [0.4, 0.5) is 0 Å². The predicted molar refractivity (Wildman–Crippen MR) is 110 cm³/mol. The van der Waals surface area contributed by atoms with Gasteiger partial charge in [0.1, 0.15) is 6.33 Å². The van der Waals surface area contributed by atoms with Crippen LogP contribution in [0.1, 0.15) is 0 Å². The van der Waals surface area contributed by atoms with Gasteiger partial charge < -0.3 is 24.5 Å². The fourth-order valence-corrected chi connectivity index (χ4v) is 4.23. The van der Waals surface area contributed by atoms with Crippen molar-refractivity contribution in [1.82, 2.24) is 24.7 Å². The SMILES string of the molecule is CN1CCN(C[C@@H]2CN(C(=O)COc3ncnc4ccccc34)C[C@@H]2CO)CC1. The highest BCUT2D eigenvalue weighted by atomic mass is 16.5. The number of likely N-dealkylation sites (N-methyl/N-ethyl adjacent to an activating group) is 1. The molecule has 4 rings (SSSR count). The minimum Gasteiger partial charge on any atom is -0.467 e. The van der Waals surface area contributed by atoms with E-state index in [-0.39, 0.29) is 25.0 Å². The lowest BCUT2D eigenvalue weighted by Gasteiger charge is -2.34. The Morgan fingerprint density at radius 3 is 2.69 bits per heavy atom. The third-order valence-electron chi connectivity index (χ3n) is 6.09. The number of carbonyl (C=O) groups is 1. The van der Waals surface area contributed by atoms with Crippen LogP contribution < -0.4 is 4.74 Å². The van der Waals surface area contributed by atoms with E-state index in [1.807, 2.05) is 29.2 Å². The molecule has 1 N–H and O–H groups in total. The molecule has 29 heavy (non-hydrogen) atoms. The lowest BCUT2D eigenvalue weighted by atomic mass is 9.96. The van der Waals surface area contributed by atoms with E-state index in [2.05, 4.69) is 26.8 Å². The molecule has 0 bridgehead atoms. The van der Waals surface area contributed by atoms with Crippen LogP contribution in [0.15, 0.2) is 30.6 Å². The zero-order valence-electron chi connectivity index (χ0n) is 16.9. The van der Waals surface area contributed by atoms with E-state index in [1.165, 1.54) is 6.33 Å². The summed E-state index contributed by atoms with van der Waals surface area (Å²) in [6.07, 6.45) is 1.45. The molecule has 2 fully saturated rings. The summed E-state index contributed by atoms with van der Waals surface area (Å²) in [5.74, 6) is 0.786. The lowest BCUT2D eigenvalue weighted by molar-refractivity contribution is -0.132. The standard InChI is InChI=1S/C21H29N5O3/c1-24-6-8-25(9-7-24)10-16-11-26(12-17(16)13-27)20(28)14-29-21-18-4-2-3-5-19(18)22-15-23-21/h2-5,15-17,27H,6-14H2,1H3/t16-,17-/m1/s1. The van der Waals surface area contributed by atoms with Crippen molar-refractivity contribution in [2.24, 2.45) is 11.8 Å². The third-order valence-corrected chi connectivity index (χ3v) is 6.09. The average molecular weight is 399 g/mol. The molecule has 1 amide bonds. The van der Waals surface area contributed by atoms with Crippen molar-refractivity contribution in [2.45, 2.75) is 0 Å². The molecule has 3 heterocycles. The maximum atomic E-state index is 12.8. The molecule has 1 aromatic heterocycles. The monoisotopic (exact) mass is 399 g/mol. The molecule has 2 aliphatic rings. The molecular formula is C21H29N5O3. The lowest BCUT2D eigenvalue weighted by Crippen LogP contribution is -2.47. The molecule has 2 saturated heterocycles. The van der Waals surface area contributed by atoms with Gasteiger partial charge in [0.2, 0.25) is 5.88 Å². The Hall–Kier alpha value is -2.29. The maximum Gasteiger partial charge on any atom is 0.260 e. The van der Waals surface area contributed by atoms with E-state index in [1.54, 1.807) is 0 Å². The Morgan fingerprint density at radius 2 is 1.90 bits per heavy atom. The van der Waals surface area contributed by atoms with Crippen LogP contribution in [-0.4, -0.2) is 102 Å². The van der Waals surface area contributed by atoms with Gasteiger partial charge in [-0.1, -0.05) is 12.1 Å². The van der Waals surface area contributed by atoms with Crippen molar-refractivity contribution in [3.05, 3.63) is 30.6 Å². The summed E-state index contributed by atoms with van der Waals surface area (Å²) in [6.45, 7) is 6.47. The molecule has 1 aromatic carbocycles. The zero-order valence-corrected chi connectivity index (χ0v) is 16.9. The number of amides is 1. The van der Waals surface area contributed by atoms with Crippen molar-refractivity contribution in [1.29, 1.82) is 0 Å². The first-order chi connectivity index (χ1) is 14.1. The van der Waals surface area contributed by atoms with Gasteiger partial charge in [-0.05, 0) is 25.1 Å². The Kier molecular flexibility index (Phi) is 6.22. The van der Waals surface area contributed by atoms with Crippen LogP contribution in [0.3, 0.4) is 0 Å². The van der Waals surface area contributed by atoms with Gasteiger partial charge in [-0.3, -0.25) is 4.79 Å². The summed E-state index contributed by atoms with van der Waals surface area (Å²) in [4.78, 5) is 27.8. The van der Waals surface area contributed by atoms with Gasteiger partial charge >= 0.3 is 0 Å². The van der Waals surface area contributed by atoms with Gasteiger partial charge in [-0.2, -0.15) is 0 Å². The molecule has 0 radical (unpaired) electrons. The van der Waals surface area contributed by atoms with Crippen LogP contribution in [-0.2, 0) is 4.79 Å². The van der Waals surface area contributed by atoms with Gasteiger partial charge in [0.25, 0.3) is 5.91 Å². The molecule has 0 aliphatic carbocycles. The number of rotatable bonds is 6. The Morgan fingerprint density at radius 1 is 1.14 bits per heavy atom. The van der Waals surface area contributed by atoms with Crippen molar-refractivity contribution in [3.8, 4) is 5.88 Å². The fourth-order valence-electron chi connectivity index (χ4n) is 4.23. The van der Waals surface area contributed by atoms with Gasteiger partial charge in [-0.25, -0.2) is 9.97 Å². The second-order valence-corrected chi connectivity index (χ2v) is 8.09. The number of aromatic nitrogens is 2. The van der Waals surface area contributed by atoms with Crippen LogP contribution in [0.25, 0.3) is 10.9 Å². The Balaban J connectivity index is 1.34. The molecule has 0 saturated carbocycles. The molecule has 0 spiro atoms. The highest BCUT2D eigenvalue weighted by Gasteiger charge is 2.36. The van der Waals surface area contributed by atoms with E-state index in [0.29, 0.717) is 24.9 Å². The smallest absolute Gasteiger partial charge is 0.260 e. The molecule has 2 aromatic rings. The normalized spacial score (nSPS) is 23.6. The number of fused-ring (bicyclic) bond motifs is 1. The number of likely N-dealkylation sites (tertiary alicyclic amines) is 1. The minimum absolute atomic E-state index is 0.0552. The second kappa shape index (κ2) is 9.02. The number of benzene rings is 1. The molecular weight excluding hydrogens is 370 g/mol. The van der Waals surface area contributed by atoms with Crippen molar-refractivity contribution in [2.75, 3.05) is 66.1 Å². The van der Waals surface area contributed by atoms with Crippen LogP contribution >= 0.6 is 0 Å². The van der Waals surface area contributed by atoms with Gasteiger partial charge in [-0.15, -0.1) is 0 Å². The Labute approximate surface area is 171 Å². The summed E-state index contributed by atoms with van der Waals surface area (Å²) in [5, 5.41) is 10.6. The van der Waals surface area contributed by atoms with Crippen molar-refractivity contribution in [3.63, 3.8) is 0 Å². The average Bonchev–Trinajstić information content (AvgIpc) is 3.16. The second-order valence-electron chi connectivity index (χ2n) is 8.09. The van der Waals surface area contributed by atoms with E-state index in [0.717, 1.165) is 43.6 Å². The molecule has 0 unspecified atom stereocenters. The summed E-state index contributed by atoms with van der Waals surface area (Å²) in [7, 11) is 2.14. The first-order valence-corrected chi connectivity index (χ1v) is 10.3. The number of nitrogens with zero attached hydrogens (tertiary/aromatic N) is 5. The first kappa shape index (κ1) is 20.0. The molecule has 8 nitrogen and oxygen atoms in total. The number of hydrogen-bond donors (Lipinski definition) is 1. The number of piperazine rings is 1. The molecule has 8 heteroatoms. The summed E-state index contributed by atoms with van der Waals surface area (Å²) in [5.41, 5.74) is 0.790. The summed E-state index contributed by atoms with van der Waals surface area (Å²) >= 11 is 0. The summed E-state index contributed by atoms with van der Waals surface area (Å²) < 4.78 is 5.74. The number of carbonyl (C=O) groups excluding carboxylic acids is 1. The molecule has 2 aliphatic heterocycles. The summed E-state index contributed by atoms with van der Waals surface area (Å²) in [6, 6.07) is 7.58. The van der Waals surface area contributed by atoms with E-state index in [4.69, 9.17) is 4.74 Å². The largest absolute Gasteiger partial charge is 0.467 e.